The Hall–Kier alpha value is -4.65. The molecule has 0 radical (unpaired) electrons. The number of hydrazine groups is 1. The van der Waals surface area contributed by atoms with Crippen LogP contribution in [0.25, 0.3) is 0 Å². The molecule has 19 heteroatoms. The van der Waals surface area contributed by atoms with Crippen molar-refractivity contribution in [1.82, 2.24) is 51.5 Å². The monoisotopic (exact) mass is 602 g/mol. The van der Waals surface area contributed by atoms with E-state index in [1.165, 1.54) is 28.2 Å². The van der Waals surface area contributed by atoms with Crippen molar-refractivity contribution < 1.29 is 33.9 Å². The van der Waals surface area contributed by atoms with E-state index in [0.717, 1.165) is 9.91 Å². The standard InChI is InChI=1S/C22H22N10O7S2/c1-30-22(26-28-29-30)41-9-11-8-40-18-14(17(35)32(18)15(11)19(36)37)24-16(34)13(10-5-3-2-4-6-10)25-20(38)27-31-7-12(33)23-21(31)39/h2-6,13-14,18H,7-9H2,1H3,(H,24,34)(H,36,37)(H,23,33,39)(H2,25,27,38). The number of hydrogen-bond donors (Lipinski definition) is 5. The van der Waals surface area contributed by atoms with Crippen molar-refractivity contribution in [3.05, 3.63) is 47.2 Å². The number of thioether (sulfide) groups is 2. The number of carboxylic acid groups (broad SMARTS) is 1. The first-order valence-electron chi connectivity index (χ1n) is 11.9. The van der Waals surface area contributed by atoms with Gasteiger partial charge in [0.05, 0.1) is 0 Å². The Balaban J connectivity index is 1.28. The van der Waals surface area contributed by atoms with Gasteiger partial charge in [-0.2, -0.15) is 0 Å². The number of fused-ring (bicyclic) bond motifs is 1. The normalized spacial score (nSPS) is 20.7. The quantitative estimate of drug-likeness (QED) is 0.126. The molecule has 214 valence electrons. The minimum Gasteiger partial charge on any atom is -0.477 e. The maximum atomic E-state index is 13.4. The van der Waals surface area contributed by atoms with E-state index >= 15 is 0 Å². The summed E-state index contributed by atoms with van der Waals surface area (Å²) in [6, 6.07) is 4.08. The molecular weight excluding hydrogens is 580 g/mol. The number of benzene rings is 1. The highest BCUT2D eigenvalue weighted by Gasteiger charge is 2.54. The maximum absolute atomic E-state index is 13.4. The molecule has 17 nitrogen and oxygen atoms in total. The lowest BCUT2D eigenvalue weighted by atomic mass is 10.0. The molecule has 5 N–H and O–H groups in total. The topological polar surface area (TPSA) is 221 Å². The molecule has 3 unspecified atom stereocenters. The van der Waals surface area contributed by atoms with Gasteiger partial charge < -0.3 is 15.7 Å². The molecule has 2 fully saturated rings. The van der Waals surface area contributed by atoms with Crippen LogP contribution in [0.3, 0.4) is 0 Å². The van der Waals surface area contributed by atoms with Gasteiger partial charge in [0.2, 0.25) is 17.0 Å². The van der Waals surface area contributed by atoms with Gasteiger partial charge in [-0.3, -0.25) is 24.6 Å². The van der Waals surface area contributed by atoms with Crippen LogP contribution >= 0.6 is 23.5 Å². The average Bonchev–Trinajstić information content (AvgIpc) is 3.51. The van der Waals surface area contributed by atoms with E-state index in [-0.39, 0.29) is 11.4 Å². The van der Waals surface area contributed by atoms with Crippen LogP contribution in [0.2, 0.25) is 0 Å². The maximum Gasteiger partial charge on any atom is 0.352 e. The third kappa shape index (κ3) is 5.66. The van der Waals surface area contributed by atoms with Crippen LogP contribution in [0.4, 0.5) is 9.59 Å². The zero-order chi connectivity index (χ0) is 29.3. The number of carboxylic acids is 1. The second kappa shape index (κ2) is 11.5. The predicted octanol–water partition coefficient (Wildman–Crippen LogP) is -1.45. The molecule has 0 spiro atoms. The summed E-state index contributed by atoms with van der Waals surface area (Å²) < 4.78 is 1.45. The summed E-state index contributed by atoms with van der Waals surface area (Å²) in [5, 5.41) is 28.7. The van der Waals surface area contributed by atoms with Crippen LogP contribution in [0, 0.1) is 0 Å². The Kier molecular flexibility index (Phi) is 7.79. The fourth-order valence-electron chi connectivity index (χ4n) is 4.29. The van der Waals surface area contributed by atoms with E-state index in [4.69, 9.17) is 0 Å². The number of aryl methyl sites for hydroxylation is 1. The van der Waals surface area contributed by atoms with E-state index in [2.05, 4.69) is 31.6 Å². The fraction of sp³-hybridized carbons (Fsp3) is 0.318. The third-order valence-corrected chi connectivity index (χ3v) is 8.64. The van der Waals surface area contributed by atoms with E-state index in [9.17, 15) is 33.9 Å². The number of tetrazole rings is 1. The molecule has 41 heavy (non-hydrogen) atoms. The number of amides is 7. The van der Waals surface area contributed by atoms with Gasteiger partial charge in [-0.05, 0) is 21.6 Å². The van der Waals surface area contributed by atoms with E-state index < -0.39 is 59.8 Å². The molecule has 3 aliphatic rings. The van der Waals surface area contributed by atoms with Gasteiger partial charge >= 0.3 is 18.0 Å². The average molecular weight is 603 g/mol. The molecule has 0 bridgehead atoms. The third-order valence-electron chi connectivity index (χ3n) is 6.20. The first-order valence-corrected chi connectivity index (χ1v) is 14.0. The van der Waals surface area contributed by atoms with Crippen molar-refractivity contribution in [2.45, 2.75) is 22.6 Å². The SMILES string of the molecule is Cn1nnnc1SCC1=C(C(=O)O)N2C(=O)C(NC(=O)C(NC(=O)NN3CC(=O)NC3=O)c3ccccc3)C2SC1. The van der Waals surface area contributed by atoms with Crippen LogP contribution < -0.4 is 21.4 Å². The summed E-state index contributed by atoms with van der Waals surface area (Å²) >= 11 is 2.53. The lowest BCUT2D eigenvalue weighted by Gasteiger charge is -2.49. The molecular formula is C22H22N10O7S2. The van der Waals surface area contributed by atoms with E-state index in [1.807, 2.05) is 5.32 Å². The number of carbonyl (C=O) groups excluding carboxylic acids is 5. The number of carbonyl (C=O) groups is 6. The van der Waals surface area contributed by atoms with Crippen LogP contribution in [0.15, 0.2) is 46.8 Å². The number of rotatable bonds is 9. The molecule has 1 aromatic carbocycles. The number of aliphatic carboxylic acids is 1. The first-order chi connectivity index (χ1) is 19.6. The Morgan fingerprint density at radius 3 is 2.61 bits per heavy atom. The number of aromatic nitrogens is 4. The summed E-state index contributed by atoms with van der Waals surface area (Å²) in [4.78, 5) is 75.6. The molecule has 0 saturated carbocycles. The number of nitrogens with zero attached hydrogens (tertiary/aromatic N) is 6. The molecule has 3 aliphatic heterocycles. The number of hydrogen-bond acceptors (Lipinski definition) is 11. The Morgan fingerprint density at radius 1 is 1.22 bits per heavy atom. The predicted molar refractivity (Wildman–Crippen MR) is 140 cm³/mol. The van der Waals surface area contributed by atoms with Gasteiger partial charge in [-0.15, -0.1) is 16.9 Å². The Morgan fingerprint density at radius 2 is 1.98 bits per heavy atom. The molecule has 2 saturated heterocycles. The van der Waals surface area contributed by atoms with Crippen LogP contribution in [0.1, 0.15) is 11.6 Å². The van der Waals surface area contributed by atoms with Crippen molar-refractivity contribution in [2.24, 2.45) is 7.05 Å². The van der Waals surface area contributed by atoms with Gasteiger partial charge in [0.25, 0.3) is 5.91 Å². The number of urea groups is 2. The van der Waals surface area contributed by atoms with E-state index in [1.54, 1.807) is 37.4 Å². The number of imide groups is 1. The van der Waals surface area contributed by atoms with Crippen LogP contribution in [-0.2, 0) is 26.2 Å². The number of nitrogens with one attached hydrogen (secondary N) is 4. The Labute approximate surface area is 239 Å². The summed E-state index contributed by atoms with van der Waals surface area (Å²) in [7, 11) is 1.65. The first kappa shape index (κ1) is 27.9. The summed E-state index contributed by atoms with van der Waals surface area (Å²) in [6.07, 6.45) is 0. The van der Waals surface area contributed by atoms with Gasteiger partial charge in [-0.1, -0.05) is 42.1 Å². The summed E-state index contributed by atoms with van der Waals surface area (Å²) in [5.41, 5.74) is 2.94. The minimum atomic E-state index is -1.28. The summed E-state index contributed by atoms with van der Waals surface area (Å²) in [5.74, 6) is -2.69. The number of β-lactam (4-membered cyclic amide) rings is 1. The van der Waals surface area contributed by atoms with Crippen molar-refractivity contribution in [3.63, 3.8) is 0 Å². The zero-order valence-corrected chi connectivity index (χ0v) is 22.8. The fourth-order valence-corrected chi connectivity index (χ4v) is 6.62. The largest absolute Gasteiger partial charge is 0.477 e. The van der Waals surface area contributed by atoms with Crippen molar-refractivity contribution >= 4 is 59.3 Å². The van der Waals surface area contributed by atoms with Gasteiger partial charge in [0.15, 0.2) is 0 Å². The highest BCUT2D eigenvalue weighted by Crippen LogP contribution is 2.41. The molecule has 7 amide bonds. The van der Waals surface area contributed by atoms with Gasteiger partial charge in [0, 0.05) is 18.6 Å². The Bertz CT molecular complexity index is 1470. The van der Waals surface area contributed by atoms with Gasteiger partial charge in [0.1, 0.15) is 29.7 Å². The smallest absolute Gasteiger partial charge is 0.352 e. The van der Waals surface area contributed by atoms with Crippen molar-refractivity contribution in [2.75, 3.05) is 18.1 Å². The second-order valence-corrected chi connectivity index (χ2v) is 10.9. The second-order valence-electron chi connectivity index (χ2n) is 8.90. The zero-order valence-electron chi connectivity index (χ0n) is 21.1. The molecule has 3 atom stereocenters. The molecule has 4 heterocycles. The molecule has 1 aromatic heterocycles. The van der Waals surface area contributed by atoms with Gasteiger partial charge in [-0.25, -0.2) is 29.5 Å². The lowest BCUT2D eigenvalue weighted by Crippen LogP contribution is -2.71. The molecule has 0 aliphatic carbocycles. The van der Waals surface area contributed by atoms with E-state index in [0.29, 0.717) is 22.0 Å². The minimum absolute atomic E-state index is 0.151. The highest BCUT2D eigenvalue weighted by molar-refractivity contribution is 8.01. The van der Waals surface area contributed by atoms with Crippen LogP contribution in [-0.4, -0.2) is 100 Å². The summed E-state index contributed by atoms with van der Waals surface area (Å²) in [6.45, 7) is -0.394. The van der Waals surface area contributed by atoms with Crippen molar-refractivity contribution in [1.29, 1.82) is 0 Å². The molecule has 2 aromatic rings. The van der Waals surface area contributed by atoms with Crippen molar-refractivity contribution in [3.8, 4) is 0 Å². The van der Waals surface area contributed by atoms with Crippen LogP contribution in [0.5, 0.6) is 0 Å². The lowest BCUT2D eigenvalue weighted by molar-refractivity contribution is -0.151. The molecule has 5 rings (SSSR count). The highest BCUT2D eigenvalue weighted by atomic mass is 32.2.